The molecule has 1 atom stereocenters. The van der Waals surface area contributed by atoms with Crippen LogP contribution in [0.5, 0.6) is 5.75 Å². The fourth-order valence-corrected chi connectivity index (χ4v) is 3.95. The Labute approximate surface area is 123 Å². The Hall–Kier alpha value is -1.60. The number of thioether (sulfide) groups is 1. The van der Waals surface area contributed by atoms with Crippen molar-refractivity contribution in [2.24, 2.45) is 4.99 Å². The molecule has 3 rings (SSSR count). The first-order valence-electron chi connectivity index (χ1n) is 6.12. The van der Waals surface area contributed by atoms with E-state index in [0.717, 1.165) is 21.0 Å². The molecule has 7 heteroatoms. The Kier molecular flexibility index (Phi) is 3.62. The number of thiazole rings is 1. The summed E-state index contributed by atoms with van der Waals surface area (Å²) in [7, 11) is 0. The summed E-state index contributed by atoms with van der Waals surface area (Å²) in [5.74, 6) is 0.0914. The highest BCUT2D eigenvalue weighted by Gasteiger charge is 2.22. The van der Waals surface area contributed by atoms with Crippen LogP contribution in [0.3, 0.4) is 0 Å². The summed E-state index contributed by atoms with van der Waals surface area (Å²) in [6, 6.07) is 4.96. The number of aromatic nitrogens is 1. The van der Waals surface area contributed by atoms with E-state index in [1.54, 1.807) is 0 Å². The summed E-state index contributed by atoms with van der Waals surface area (Å²) in [5.41, 5.74) is 0.869. The number of carbonyl (C=O) groups is 1. The van der Waals surface area contributed by atoms with Crippen LogP contribution >= 0.6 is 23.1 Å². The zero-order valence-corrected chi connectivity index (χ0v) is 12.3. The number of fused-ring (bicyclic) bond motifs is 1. The van der Waals surface area contributed by atoms with Crippen molar-refractivity contribution in [2.75, 3.05) is 12.4 Å². The summed E-state index contributed by atoms with van der Waals surface area (Å²) in [4.78, 5) is 19.4. The summed E-state index contributed by atoms with van der Waals surface area (Å²) in [6.07, 6.45) is 0. The Morgan fingerprint density at radius 1 is 1.55 bits per heavy atom. The van der Waals surface area contributed by atoms with E-state index in [9.17, 15) is 9.90 Å². The monoisotopic (exact) mass is 307 g/mol. The van der Waals surface area contributed by atoms with Crippen molar-refractivity contribution in [3.05, 3.63) is 23.2 Å². The van der Waals surface area contributed by atoms with Gasteiger partial charge in [0.25, 0.3) is 0 Å². The Balaban J connectivity index is 1.93. The fraction of sp³-hybridized carbons (Fsp3) is 0.308. The number of aliphatic imine (C=N–C) groups is 1. The molecule has 0 aliphatic carbocycles. The molecule has 1 aliphatic heterocycles. The van der Waals surface area contributed by atoms with Gasteiger partial charge in [-0.15, -0.1) is 23.1 Å². The second-order valence-corrected chi connectivity index (χ2v) is 6.20. The summed E-state index contributed by atoms with van der Waals surface area (Å²) in [6.45, 7) is 2.55. The van der Waals surface area contributed by atoms with Crippen molar-refractivity contribution >= 4 is 44.3 Å². The lowest BCUT2D eigenvalue weighted by molar-refractivity contribution is -0.306. The van der Waals surface area contributed by atoms with E-state index in [-0.39, 0.29) is 0 Å². The topological polar surface area (TPSA) is 74.6 Å². The third-order valence-electron chi connectivity index (χ3n) is 2.78. The van der Waals surface area contributed by atoms with Crippen LogP contribution in [0, 0.1) is 0 Å². The first kappa shape index (κ1) is 13.4. The predicted molar refractivity (Wildman–Crippen MR) is 78.6 cm³/mol. The Bertz CT molecular complexity index is 696. The van der Waals surface area contributed by atoms with Gasteiger partial charge < -0.3 is 14.6 Å². The highest BCUT2D eigenvalue weighted by molar-refractivity contribution is 8.15. The number of carboxylic acids is 1. The van der Waals surface area contributed by atoms with Crippen LogP contribution in [0.4, 0.5) is 0 Å². The highest BCUT2D eigenvalue weighted by Crippen LogP contribution is 2.31. The van der Waals surface area contributed by atoms with Gasteiger partial charge in [-0.1, -0.05) is 0 Å². The molecule has 0 saturated carbocycles. The number of benzene rings is 1. The molecule has 1 aromatic heterocycles. The second kappa shape index (κ2) is 5.41. The number of nitrogens with zero attached hydrogens (tertiary/aromatic N) is 2. The molecule has 1 aromatic carbocycles. The van der Waals surface area contributed by atoms with Gasteiger partial charge in [-0.2, -0.15) is 0 Å². The maximum atomic E-state index is 10.8. The molecule has 0 unspecified atom stereocenters. The predicted octanol–water partition coefficient (Wildman–Crippen LogP) is 1.31. The van der Waals surface area contributed by atoms with Crippen molar-refractivity contribution < 1.29 is 14.6 Å². The third kappa shape index (κ3) is 2.51. The average molecular weight is 307 g/mol. The van der Waals surface area contributed by atoms with Gasteiger partial charge in [0.15, 0.2) is 0 Å². The molecule has 0 bridgehead atoms. The van der Waals surface area contributed by atoms with Crippen molar-refractivity contribution in [1.29, 1.82) is 0 Å². The van der Waals surface area contributed by atoms with Crippen molar-refractivity contribution in [3.63, 3.8) is 0 Å². The molecular weight excluding hydrogens is 296 g/mol. The number of hydrogen-bond acceptors (Lipinski definition) is 7. The molecule has 0 radical (unpaired) electrons. The molecule has 0 N–H and O–H groups in total. The van der Waals surface area contributed by atoms with Crippen molar-refractivity contribution in [2.45, 2.75) is 13.0 Å². The zero-order valence-electron chi connectivity index (χ0n) is 10.7. The van der Waals surface area contributed by atoms with E-state index in [2.05, 4.69) is 9.98 Å². The number of aliphatic carboxylic acids is 1. The van der Waals surface area contributed by atoms with Crippen LogP contribution in [0.15, 0.2) is 23.2 Å². The first-order chi connectivity index (χ1) is 9.67. The van der Waals surface area contributed by atoms with Gasteiger partial charge in [0, 0.05) is 5.75 Å². The second-order valence-electron chi connectivity index (χ2n) is 4.16. The zero-order chi connectivity index (χ0) is 14.1. The normalized spacial score (nSPS) is 18.2. The van der Waals surface area contributed by atoms with E-state index in [1.807, 2.05) is 25.1 Å². The smallest absolute Gasteiger partial charge is 0.149 e. The Morgan fingerprint density at radius 3 is 3.10 bits per heavy atom. The van der Waals surface area contributed by atoms with Crippen LogP contribution in [0.2, 0.25) is 0 Å². The lowest BCUT2D eigenvalue weighted by Gasteiger charge is -2.03. The molecular formula is C13H11N2O3S2-. The SMILES string of the molecule is CCOc1ccc2nc(C3=N[C@H](C(=O)[O-])CS3)sc2c1. The molecule has 20 heavy (non-hydrogen) atoms. The van der Waals surface area contributed by atoms with Gasteiger partial charge in [-0.05, 0) is 25.1 Å². The van der Waals surface area contributed by atoms with E-state index in [0.29, 0.717) is 17.4 Å². The average Bonchev–Trinajstić information content (AvgIpc) is 3.05. The maximum Gasteiger partial charge on any atom is 0.149 e. The van der Waals surface area contributed by atoms with Crippen molar-refractivity contribution in [1.82, 2.24) is 4.98 Å². The van der Waals surface area contributed by atoms with Crippen LogP contribution in [-0.2, 0) is 4.79 Å². The molecule has 1 aliphatic rings. The summed E-state index contributed by atoms with van der Waals surface area (Å²) in [5, 5.41) is 12.2. The molecule has 104 valence electrons. The standard InChI is InChI=1S/C13H12N2O3S2/c1-2-18-7-3-4-8-10(5-7)20-12(14-8)11-15-9(6-19-11)13(16)17/h3-5,9H,2,6H2,1H3,(H,16,17)/p-1/t9-/m0/s1. The molecule has 2 aromatic rings. The summed E-state index contributed by atoms with van der Waals surface area (Å²) < 4.78 is 6.46. The van der Waals surface area contributed by atoms with Gasteiger partial charge in [0.05, 0.1) is 22.8 Å². The largest absolute Gasteiger partial charge is 0.548 e. The fourth-order valence-electron chi connectivity index (χ4n) is 1.86. The van der Waals surface area contributed by atoms with Crippen LogP contribution < -0.4 is 9.84 Å². The van der Waals surface area contributed by atoms with Crippen LogP contribution in [-0.4, -0.2) is 34.4 Å². The number of carboxylic acid groups (broad SMARTS) is 1. The van der Waals surface area contributed by atoms with Gasteiger partial charge >= 0.3 is 0 Å². The first-order valence-corrected chi connectivity index (χ1v) is 7.93. The van der Waals surface area contributed by atoms with Gasteiger partial charge in [0.2, 0.25) is 0 Å². The van der Waals surface area contributed by atoms with E-state index < -0.39 is 12.0 Å². The summed E-state index contributed by atoms with van der Waals surface area (Å²) >= 11 is 2.90. The van der Waals surface area contributed by atoms with Crippen LogP contribution in [0.25, 0.3) is 10.2 Å². The minimum absolute atomic E-state index is 0.414. The van der Waals surface area contributed by atoms with Gasteiger partial charge in [-0.25, -0.2) is 4.98 Å². The van der Waals surface area contributed by atoms with Crippen molar-refractivity contribution in [3.8, 4) is 5.75 Å². The molecule has 0 saturated heterocycles. The van der Waals surface area contributed by atoms with E-state index in [4.69, 9.17) is 4.74 Å². The minimum Gasteiger partial charge on any atom is -0.548 e. The molecule has 5 nitrogen and oxygen atoms in total. The Morgan fingerprint density at radius 2 is 2.40 bits per heavy atom. The number of hydrogen-bond donors (Lipinski definition) is 0. The molecule has 0 spiro atoms. The quantitative estimate of drug-likeness (QED) is 0.851. The van der Waals surface area contributed by atoms with Gasteiger partial charge in [0.1, 0.15) is 21.8 Å². The minimum atomic E-state index is -1.13. The number of rotatable bonds is 4. The lowest BCUT2D eigenvalue weighted by atomic mass is 10.3. The molecule has 2 heterocycles. The maximum absolute atomic E-state index is 10.8. The number of carbonyl (C=O) groups excluding carboxylic acids is 1. The van der Waals surface area contributed by atoms with Gasteiger partial charge in [-0.3, -0.25) is 4.99 Å². The number of ether oxygens (including phenoxy) is 1. The van der Waals surface area contributed by atoms with E-state index >= 15 is 0 Å². The molecule has 0 amide bonds. The third-order valence-corrected chi connectivity index (χ3v) is 4.99. The molecule has 0 fully saturated rings. The van der Waals surface area contributed by atoms with Crippen LogP contribution in [0.1, 0.15) is 11.9 Å². The lowest BCUT2D eigenvalue weighted by Crippen LogP contribution is -2.34. The van der Waals surface area contributed by atoms with E-state index in [1.165, 1.54) is 23.1 Å². The highest BCUT2D eigenvalue weighted by atomic mass is 32.2.